The molecular weight excluding hydrogens is 354 g/mol. The van der Waals surface area contributed by atoms with Crippen LogP contribution in [0.1, 0.15) is 23.6 Å². The zero-order valence-electron chi connectivity index (χ0n) is 15.5. The maximum absolute atomic E-state index is 12.9. The van der Waals surface area contributed by atoms with Crippen LogP contribution in [0.15, 0.2) is 48.5 Å². The van der Waals surface area contributed by atoms with Crippen molar-refractivity contribution in [2.24, 2.45) is 0 Å². The molecule has 7 nitrogen and oxygen atoms in total. The summed E-state index contributed by atoms with van der Waals surface area (Å²) in [6.45, 7) is 2.65. The third kappa shape index (κ3) is 3.52. The number of nitrogens with zero attached hydrogens (tertiary/aromatic N) is 3. The van der Waals surface area contributed by atoms with Crippen LogP contribution in [-0.2, 0) is 4.79 Å². The molecule has 144 valence electrons. The zero-order chi connectivity index (χ0) is 19.5. The van der Waals surface area contributed by atoms with Crippen molar-refractivity contribution in [1.29, 1.82) is 5.26 Å². The number of anilines is 1. The highest BCUT2D eigenvalue weighted by molar-refractivity contribution is 5.82. The number of hydrazine groups is 1. The van der Waals surface area contributed by atoms with E-state index in [1.807, 2.05) is 41.3 Å². The summed E-state index contributed by atoms with van der Waals surface area (Å²) in [5.74, 6) is 0.304. The van der Waals surface area contributed by atoms with Gasteiger partial charge in [0.15, 0.2) is 0 Å². The van der Waals surface area contributed by atoms with Crippen LogP contribution >= 0.6 is 0 Å². The lowest BCUT2D eigenvalue weighted by Gasteiger charge is -2.37. The van der Waals surface area contributed by atoms with E-state index in [1.165, 1.54) is 0 Å². The Kier molecular flexibility index (Phi) is 5.15. The van der Waals surface area contributed by atoms with Gasteiger partial charge < -0.3 is 14.9 Å². The first-order valence-corrected chi connectivity index (χ1v) is 9.49. The maximum atomic E-state index is 12.9. The second-order valence-electron chi connectivity index (χ2n) is 7.13. The predicted molar refractivity (Wildman–Crippen MR) is 105 cm³/mol. The summed E-state index contributed by atoms with van der Waals surface area (Å²) in [7, 11) is 0. The highest BCUT2D eigenvalue weighted by Gasteiger charge is 2.35. The molecule has 2 saturated heterocycles. The highest BCUT2D eigenvalue weighted by atomic mass is 16.3. The van der Waals surface area contributed by atoms with Gasteiger partial charge in [-0.15, -0.1) is 0 Å². The molecule has 3 N–H and O–H groups in total. The summed E-state index contributed by atoms with van der Waals surface area (Å²) in [4.78, 5) is 17.0. The standard InChI is InChI=1S/C21H23N5O2/c22-14-15-5-1-3-7-19(15)25-9-11-26(12-10-25)21(28)18-13-17(23-24-18)16-6-2-4-8-20(16)27/h1-8,17-18,23-24,27H,9-13H2. The van der Waals surface area contributed by atoms with Crippen LogP contribution in [0.3, 0.4) is 0 Å². The maximum Gasteiger partial charge on any atom is 0.241 e. The molecule has 7 heteroatoms. The van der Waals surface area contributed by atoms with E-state index in [-0.39, 0.29) is 23.7 Å². The Labute approximate surface area is 164 Å². The first kappa shape index (κ1) is 18.3. The topological polar surface area (TPSA) is 91.6 Å². The largest absolute Gasteiger partial charge is 0.508 e. The number of nitrogens with one attached hydrogen (secondary N) is 2. The number of phenolic OH excluding ortho intramolecular Hbond substituents is 1. The first-order valence-electron chi connectivity index (χ1n) is 9.49. The van der Waals surface area contributed by atoms with Gasteiger partial charge in [-0.05, 0) is 24.6 Å². The SMILES string of the molecule is N#Cc1ccccc1N1CCN(C(=O)C2CC(c3ccccc3O)NN2)CC1. The fourth-order valence-corrected chi connectivity index (χ4v) is 3.94. The summed E-state index contributed by atoms with van der Waals surface area (Å²) in [6.07, 6.45) is 0.591. The van der Waals surface area contributed by atoms with Gasteiger partial charge in [-0.2, -0.15) is 5.26 Å². The van der Waals surface area contributed by atoms with E-state index in [0.29, 0.717) is 38.2 Å². The number of amides is 1. The number of carbonyl (C=O) groups is 1. The van der Waals surface area contributed by atoms with Crippen molar-refractivity contribution in [2.45, 2.75) is 18.5 Å². The molecule has 2 fully saturated rings. The van der Waals surface area contributed by atoms with Gasteiger partial charge in [0.25, 0.3) is 0 Å². The number of hydrogen-bond acceptors (Lipinski definition) is 6. The van der Waals surface area contributed by atoms with Gasteiger partial charge in [0.05, 0.1) is 17.3 Å². The molecule has 28 heavy (non-hydrogen) atoms. The van der Waals surface area contributed by atoms with Crippen molar-refractivity contribution < 1.29 is 9.90 Å². The van der Waals surface area contributed by atoms with E-state index < -0.39 is 0 Å². The number of nitriles is 1. The molecule has 4 rings (SSSR count). The minimum atomic E-state index is -0.317. The van der Waals surface area contributed by atoms with Crippen molar-refractivity contribution in [1.82, 2.24) is 15.8 Å². The highest BCUT2D eigenvalue weighted by Crippen LogP contribution is 2.30. The molecule has 0 bridgehead atoms. The van der Waals surface area contributed by atoms with E-state index in [1.54, 1.807) is 12.1 Å². The number of carbonyl (C=O) groups excluding carboxylic acids is 1. The normalized spacial score (nSPS) is 22.1. The van der Waals surface area contributed by atoms with Crippen molar-refractivity contribution in [3.63, 3.8) is 0 Å². The number of hydrogen-bond donors (Lipinski definition) is 3. The number of piperazine rings is 1. The van der Waals surface area contributed by atoms with Gasteiger partial charge in [-0.3, -0.25) is 4.79 Å². The molecule has 2 aromatic rings. The van der Waals surface area contributed by atoms with E-state index in [2.05, 4.69) is 21.8 Å². The van der Waals surface area contributed by atoms with Gasteiger partial charge in [-0.25, -0.2) is 10.9 Å². The Morgan fingerprint density at radius 3 is 2.50 bits per heavy atom. The quantitative estimate of drug-likeness (QED) is 0.751. The summed E-state index contributed by atoms with van der Waals surface area (Å²) in [6, 6.07) is 16.6. The molecule has 2 unspecified atom stereocenters. The van der Waals surface area contributed by atoms with E-state index in [0.717, 1.165) is 11.3 Å². The molecule has 0 aliphatic carbocycles. The van der Waals surface area contributed by atoms with E-state index in [9.17, 15) is 15.2 Å². The molecule has 0 saturated carbocycles. The van der Waals surface area contributed by atoms with E-state index >= 15 is 0 Å². The summed E-state index contributed by atoms with van der Waals surface area (Å²) in [5.41, 5.74) is 8.60. The molecule has 0 radical (unpaired) electrons. The van der Waals surface area contributed by atoms with Crippen molar-refractivity contribution in [2.75, 3.05) is 31.1 Å². The number of para-hydroxylation sites is 2. The minimum absolute atomic E-state index is 0.0682. The number of benzene rings is 2. The first-order chi connectivity index (χ1) is 13.7. The lowest BCUT2D eigenvalue weighted by molar-refractivity contribution is -0.133. The van der Waals surface area contributed by atoms with Gasteiger partial charge in [0.1, 0.15) is 17.9 Å². The van der Waals surface area contributed by atoms with Crippen LogP contribution in [0.2, 0.25) is 0 Å². The Hall–Kier alpha value is -3.08. The second-order valence-corrected chi connectivity index (χ2v) is 7.13. The number of aromatic hydroxyl groups is 1. The Bertz CT molecular complexity index is 902. The average Bonchev–Trinajstić information content (AvgIpc) is 3.23. The van der Waals surface area contributed by atoms with Gasteiger partial charge in [-0.1, -0.05) is 30.3 Å². The average molecular weight is 377 g/mol. The van der Waals surface area contributed by atoms with Crippen molar-refractivity contribution >= 4 is 11.6 Å². The molecule has 2 aliphatic heterocycles. The van der Waals surface area contributed by atoms with Crippen LogP contribution in [0.25, 0.3) is 0 Å². The van der Waals surface area contributed by atoms with Gasteiger partial charge in [0.2, 0.25) is 5.91 Å². The lowest BCUT2D eigenvalue weighted by atomic mass is 10.0. The van der Waals surface area contributed by atoms with E-state index in [4.69, 9.17) is 0 Å². The molecule has 1 amide bonds. The molecule has 0 spiro atoms. The molecule has 0 aromatic heterocycles. The monoisotopic (exact) mass is 377 g/mol. The number of phenols is 1. The molecular formula is C21H23N5O2. The molecule has 2 heterocycles. The predicted octanol–water partition coefficient (Wildman–Crippen LogP) is 1.52. The second kappa shape index (κ2) is 7.89. The van der Waals surface area contributed by atoms with Crippen molar-refractivity contribution in [3.8, 4) is 11.8 Å². The number of rotatable bonds is 3. The van der Waals surface area contributed by atoms with Crippen LogP contribution in [0.4, 0.5) is 5.69 Å². The Balaban J connectivity index is 1.36. The van der Waals surface area contributed by atoms with Gasteiger partial charge >= 0.3 is 0 Å². The van der Waals surface area contributed by atoms with Crippen LogP contribution < -0.4 is 15.8 Å². The van der Waals surface area contributed by atoms with Gasteiger partial charge in [0, 0.05) is 31.7 Å². The smallest absolute Gasteiger partial charge is 0.241 e. The molecule has 2 aliphatic rings. The van der Waals surface area contributed by atoms with Crippen LogP contribution in [-0.4, -0.2) is 48.1 Å². The third-order valence-corrected chi connectivity index (χ3v) is 5.47. The van der Waals surface area contributed by atoms with Crippen molar-refractivity contribution in [3.05, 3.63) is 59.7 Å². The lowest BCUT2D eigenvalue weighted by Crippen LogP contribution is -2.53. The fourth-order valence-electron chi connectivity index (χ4n) is 3.94. The Morgan fingerprint density at radius 1 is 1.04 bits per heavy atom. The molecule has 2 aromatic carbocycles. The van der Waals surface area contributed by atoms with Crippen LogP contribution in [0, 0.1) is 11.3 Å². The zero-order valence-corrected chi connectivity index (χ0v) is 15.5. The Morgan fingerprint density at radius 2 is 1.75 bits per heavy atom. The minimum Gasteiger partial charge on any atom is -0.508 e. The molecule has 2 atom stereocenters. The fraction of sp³-hybridized carbons (Fsp3) is 0.333. The third-order valence-electron chi connectivity index (χ3n) is 5.47. The summed E-state index contributed by atoms with van der Waals surface area (Å²) in [5, 5.41) is 19.3. The summed E-state index contributed by atoms with van der Waals surface area (Å²) >= 11 is 0. The van der Waals surface area contributed by atoms with Crippen LogP contribution in [0.5, 0.6) is 5.75 Å². The summed E-state index contributed by atoms with van der Waals surface area (Å²) < 4.78 is 0.